The molecule has 0 amide bonds. The Labute approximate surface area is 108 Å². The molecule has 7 heteroatoms. The second kappa shape index (κ2) is 4.55. The van der Waals surface area contributed by atoms with Crippen LogP contribution in [-0.4, -0.2) is 35.6 Å². The number of hydrogen-bond acceptors (Lipinski definition) is 4. The average molecular weight is 272 g/mol. The minimum absolute atomic E-state index is 0.0832. The summed E-state index contributed by atoms with van der Waals surface area (Å²) in [6.07, 6.45) is 4.03. The molecule has 1 aromatic heterocycles. The number of aromatic nitrogens is 2. The predicted molar refractivity (Wildman–Crippen MR) is 69.6 cm³/mol. The van der Waals surface area contributed by atoms with Crippen molar-refractivity contribution in [2.75, 3.05) is 12.8 Å². The minimum atomic E-state index is -3.54. The lowest BCUT2D eigenvalue weighted by Gasteiger charge is -2.23. The van der Waals surface area contributed by atoms with Gasteiger partial charge in [0.2, 0.25) is 10.0 Å². The number of aryl methyl sites for hydroxylation is 1. The molecule has 1 aliphatic carbocycles. The molecule has 0 aromatic carbocycles. The van der Waals surface area contributed by atoms with E-state index >= 15 is 0 Å². The zero-order chi connectivity index (χ0) is 13.5. The molecule has 1 aromatic rings. The lowest BCUT2D eigenvalue weighted by molar-refractivity contribution is 0.373. The van der Waals surface area contributed by atoms with E-state index in [-0.39, 0.29) is 16.8 Å². The molecule has 0 spiro atoms. The van der Waals surface area contributed by atoms with Gasteiger partial charge in [-0.2, -0.15) is 9.40 Å². The Balaban J connectivity index is 2.41. The fraction of sp³-hybridized carbons (Fsp3) is 0.727. The van der Waals surface area contributed by atoms with Gasteiger partial charge in [0.1, 0.15) is 4.90 Å². The summed E-state index contributed by atoms with van der Waals surface area (Å²) in [7, 11) is -0.207. The van der Waals surface area contributed by atoms with E-state index in [4.69, 9.17) is 5.73 Å². The molecule has 1 saturated carbocycles. The van der Waals surface area contributed by atoms with Crippen LogP contribution >= 0.6 is 0 Å². The molecule has 2 N–H and O–H groups in total. The SMILES string of the molecule is Cc1c(S(=O)(=O)N(C)C2CCCC2)c(N)nn1C. The molecule has 0 bridgehead atoms. The molecule has 102 valence electrons. The van der Waals surface area contributed by atoms with Crippen LogP contribution in [-0.2, 0) is 17.1 Å². The third-order valence-electron chi connectivity index (χ3n) is 3.78. The Morgan fingerprint density at radius 3 is 2.39 bits per heavy atom. The summed E-state index contributed by atoms with van der Waals surface area (Å²) in [4.78, 5) is 0.152. The fourth-order valence-corrected chi connectivity index (χ4v) is 4.24. The lowest BCUT2D eigenvalue weighted by atomic mass is 10.3. The van der Waals surface area contributed by atoms with Crippen molar-refractivity contribution in [3.8, 4) is 0 Å². The quantitative estimate of drug-likeness (QED) is 0.885. The van der Waals surface area contributed by atoms with Crippen molar-refractivity contribution in [2.24, 2.45) is 7.05 Å². The maximum absolute atomic E-state index is 12.6. The van der Waals surface area contributed by atoms with E-state index in [2.05, 4.69) is 5.10 Å². The minimum Gasteiger partial charge on any atom is -0.381 e. The fourth-order valence-electron chi connectivity index (χ4n) is 2.54. The molecule has 0 unspecified atom stereocenters. The molecular weight excluding hydrogens is 252 g/mol. The van der Waals surface area contributed by atoms with Gasteiger partial charge in [0.05, 0.1) is 5.69 Å². The highest BCUT2D eigenvalue weighted by atomic mass is 32.2. The summed E-state index contributed by atoms with van der Waals surface area (Å²) < 4.78 is 28.1. The molecular formula is C11H20N4O2S. The number of hydrogen-bond donors (Lipinski definition) is 1. The van der Waals surface area contributed by atoms with Gasteiger partial charge in [-0.15, -0.1) is 0 Å². The number of anilines is 1. The maximum atomic E-state index is 12.6. The van der Waals surface area contributed by atoms with Crippen LogP contribution in [0.4, 0.5) is 5.82 Å². The topological polar surface area (TPSA) is 81.2 Å². The Morgan fingerprint density at radius 2 is 1.94 bits per heavy atom. The molecule has 0 radical (unpaired) electrons. The van der Waals surface area contributed by atoms with E-state index in [1.807, 2.05) is 0 Å². The first-order valence-electron chi connectivity index (χ1n) is 6.13. The monoisotopic (exact) mass is 272 g/mol. The van der Waals surface area contributed by atoms with E-state index in [9.17, 15) is 8.42 Å². The average Bonchev–Trinajstić information content (AvgIpc) is 2.87. The normalized spacial score (nSPS) is 17.8. The van der Waals surface area contributed by atoms with Crippen LogP contribution in [0.2, 0.25) is 0 Å². The molecule has 1 heterocycles. The molecule has 0 saturated heterocycles. The molecule has 1 fully saturated rings. The highest BCUT2D eigenvalue weighted by Crippen LogP contribution is 2.30. The van der Waals surface area contributed by atoms with Gasteiger partial charge < -0.3 is 5.73 Å². The van der Waals surface area contributed by atoms with Gasteiger partial charge in [-0.1, -0.05) is 12.8 Å². The van der Waals surface area contributed by atoms with Crippen molar-refractivity contribution in [3.63, 3.8) is 0 Å². The Bertz CT molecular complexity index is 544. The Morgan fingerprint density at radius 1 is 1.39 bits per heavy atom. The number of nitrogens with two attached hydrogens (primary N) is 1. The van der Waals surface area contributed by atoms with Crippen molar-refractivity contribution in [3.05, 3.63) is 5.69 Å². The highest BCUT2D eigenvalue weighted by Gasteiger charge is 2.34. The summed E-state index contributed by atoms with van der Waals surface area (Å²) >= 11 is 0. The van der Waals surface area contributed by atoms with Gasteiger partial charge in [-0.25, -0.2) is 8.42 Å². The maximum Gasteiger partial charge on any atom is 0.248 e. The third-order valence-corrected chi connectivity index (χ3v) is 5.86. The van der Waals surface area contributed by atoms with Crippen LogP contribution in [0.5, 0.6) is 0 Å². The van der Waals surface area contributed by atoms with Crippen LogP contribution in [0.15, 0.2) is 4.90 Å². The van der Waals surface area contributed by atoms with Crippen LogP contribution in [0.1, 0.15) is 31.4 Å². The largest absolute Gasteiger partial charge is 0.381 e. The van der Waals surface area contributed by atoms with Crippen LogP contribution in [0.25, 0.3) is 0 Å². The molecule has 2 rings (SSSR count). The zero-order valence-corrected chi connectivity index (χ0v) is 11.9. The second-order valence-corrected chi connectivity index (χ2v) is 6.82. The van der Waals surface area contributed by atoms with Crippen LogP contribution in [0, 0.1) is 6.92 Å². The zero-order valence-electron chi connectivity index (χ0n) is 11.0. The van der Waals surface area contributed by atoms with Crippen LogP contribution < -0.4 is 5.73 Å². The van der Waals surface area contributed by atoms with Gasteiger partial charge in [-0.3, -0.25) is 4.68 Å². The third kappa shape index (κ3) is 2.01. The van der Waals surface area contributed by atoms with Crippen molar-refractivity contribution in [2.45, 2.75) is 43.5 Å². The lowest BCUT2D eigenvalue weighted by Crippen LogP contribution is -2.35. The smallest absolute Gasteiger partial charge is 0.248 e. The number of sulfonamides is 1. The summed E-state index contributed by atoms with van der Waals surface area (Å²) in [5.74, 6) is 0.0832. The van der Waals surface area contributed by atoms with E-state index in [0.29, 0.717) is 5.69 Å². The van der Waals surface area contributed by atoms with Crippen molar-refractivity contribution >= 4 is 15.8 Å². The first kappa shape index (κ1) is 13.4. The molecule has 18 heavy (non-hydrogen) atoms. The Kier molecular flexibility index (Phi) is 3.37. The van der Waals surface area contributed by atoms with E-state index in [1.54, 1.807) is 21.0 Å². The van der Waals surface area contributed by atoms with Gasteiger partial charge in [0.15, 0.2) is 5.82 Å². The summed E-state index contributed by atoms with van der Waals surface area (Å²) in [6.45, 7) is 1.72. The second-order valence-electron chi connectivity index (χ2n) is 4.88. The highest BCUT2D eigenvalue weighted by molar-refractivity contribution is 7.89. The molecule has 1 aliphatic rings. The summed E-state index contributed by atoms with van der Waals surface area (Å²) in [6, 6.07) is 0.0917. The molecule has 0 atom stereocenters. The van der Waals surface area contributed by atoms with Gasteiger partial charge in [0, 0.05) is 20.1 Å². The van der Waals surface area contributed by atoms with Crippen molar-refractivity contribution < 1.29 is 8.42 Å². The predicted octanol–water partition coefficient (Wildman–Crippen LogP) is 0.874. The molecule has 0 aliphatic heterocycles. The number of nitrogen functional groups attached to an aromatic ring is 1. The van der Waals surface area contributed by atoms with Gasteiger partial charge >= 0.3 is 0 Å². The van der Waals surface area contributed by atoms with E-state index in [0.717, 1.165) is 25.7 Å². The number of rotatable bonds is 3. The molecule has 6 nitrogen and oxygen atoms in total. The van der Waals surface area contributed by atoms with Crippen molar-refractivity contribution in [1.29, 1.82) is 0 Å². The first-order valence-corrected chi connectivity index (χ1v) is 7.57. The van der Waals surface area contributed by atoms with Gasteiger partial charge in [-0.05, 0) is 19.8 Å². The van der Waals surface area contributed by atoms with E-state index < -0.39 is 10.0 Å². The first-order chi connectivity index (χ1) is 8.35. The number of nitrogens with zero attached hydrogens (tertiary/aromatic N) is 3. The summed E-state index contributed by atoms with van der Waals surface area (Å²) in [5, 5.41) is 3.97. The van der Waals surface area contributed by atoms with Crippen LogP contribution in [0.3, 0.4) is 0 Å². The summed E-state index contributed by atoms with van der Waals surface area (Å²) in [5.41, 5.74) is 6.31. The standard InChI is InChI=1S/C11H20N4O2S/c1-8-10(11(12)13-14(8)2)18(16,17)15(3)9-6-4-5-7-9/h9H,4-7H2,1-3H3,(H2,12,13). The Hall–Kier alpha value is -1.08. The van der Waals surface area contributed by atoms with Crippen molar-refractivity contribution in [1.82, 2.24) is 14.1 Å². The van der Waals surface area contributed by atoms with Gasteiger partial charge in [0.25, 0.3) is 0 Å². The van der Waals surface area contributed by atoms with E-state index in [1.165, 1.54) is 8.99 Å².